The summed E-state index contributed by atoms with van der Waals surface area (Å²) in [6.45, 7) is 4.40. The molecule has 0 amide bonds. The summed E-state index contributed by atoms with van der Waals surface area (Å²) in [6.07, 6.45) is 4.75. The van der Waals surface area contributed by atoms with Crippen LogP contribution in [0, 0.1) is 13.8 Å². The van der Waals surface area contributed by atoms with Gasteiger partial charge in [-0.15, -0.1) is 23.5 Å². The zero-order chi connectivity index (χ0) is 17.4. The third-order valence-electron chi connectivity index (χ3n) is 5.86. The molecular formula is C24H18S2. The van der Waals surface area contributed by atoms with Crippen LogP contribution in [0.3, 0.4) is 0 Å². The van der Waals surface area contributed by atoms with Gasteiger partial charge >= 0.3 is 0 Å². The molecule has 0 saturated carbocycles. The molecule has 0 saturated heterocycles. The Labute approximate surface area is 162 Å². The summed E-state index contributed by atoms with van der Waals surface area (Å²) in [7, 11) is 0. The number of rotatable bonds is 1. The molecule has 0 spiro atoms. The van der Waals surface area contributed by atoms with Crippen LogP contribution >= 0.6 is 23.5 Å². The van der Waals surface area contributed by atoms with E-state index in [4.69, 9.17) is 0 Å². The molecule has 2 aliphatic heterocycles. The van der Waals surface area contributed by atoms with Crippen LogP contribution in [0.2, 0.25) is 0 Å². The summed E-state index contributed by atoms with van der Waals surface area (Å²) in [5.41, 5.74) is 11.5. The molecule has 0 radical (unpaired) electrons. The first-order valence-electron chi connectivity index (χ1n) is 9.09. The van der Waals surface area contributed by atoms with E-state index in [1.165, 1.54) is 54.3 Å². The van der Waals surface area contributed by atoms with Crippen LogP contribution in [0.5, 0.6) is 0 Å². The number of benzene rings is 2. The van der Waals surface area contributed by atoms with E-state index in [9.17, 15) is 0 Å². The van der Waals surface area contributed by atoms with E-state index < -0.39 is 0 Å². The first-order chi connectivity index (χ1) is 12.7. The first-order valence-corrected chi connectivity index (χ1v) is 10.9. The average Bonchev–Trinajstić information content (AvgIpc) is 3.36. The van der Waals surface area contributed by atoms with Gasteiger partial charge in [-0.2, -0.15) is 0 Å². The molecule has 6 rings (SSSR count). The highest BCUT2D eigenvalue weighted by molar-refractivity contribution is 8.06. The normalized spacial score (nSPS) is 24.4. The van der Waals surface area contributed by atoms with Crippen LogP contribution in [0.15, 0.2) is 69.2 Å². The molecule has 0 fully saturated rings. The van der Waals surface area contributed by atoms with Crippen LogP contribution in [-0.4, -0.2) is 0 Å². The molecule has 0 aromatic heterocycles. The van der Waals surface area contributed by atoms with Crippen molar-refractivity contribution in [3.8, 4) is 0 Å². The second-order valence-electron chi connectivity index (χ2n) is 7.51. The van der Waals surface area contributed by atoms with Gasteiger partial charge in [0.2, 0.25) is 0 Å². The third-order valence-corrected chi connectivity index (χ3v) is 7.87. The van der Waals surface area contributed by atoms with E-state index in [-0.39, 0.29) is 0 Å². The van der Waals surface area contributed by atoms with Crippen molar-refractivity contribution in [1.82, 2.24) is 0 Å². The van der Waals surface area contributed by atoms with Crippen molar-refractivity contribution in [2.45, 2.75) is 25.7 Å². The summed E-state index contributed by atoms with van der Waals surface area (Å²) in [4.78, 5) is 3.04. The molecule has 0 nitrogen and oxygen atoms in total. The van der Waals surface area contributed by atoms with Gasteiger partial charge in [-0.25, -0.2) is 0 Å². The predicted molar refractivity (Wildman–Crippen MR) is 115 cm³/mol. The van der Waals surface area contributed by atoms with Crippen molar-refractivity contribution in [3.05, 3.63) is 103 Å². The van der Waals surface area contributed by atoms with Crippen LogP contribution in [0.25, 0.3) is 11.1 Å². The van der Waals surface area contributed by atoms with Gasteiger partial charge in [-0.05, 0) is 46.9 Å². The molecule has 2 aromatic rings. The molecule has 2 atom stereocenters. The molecule has 0 bridgehead atoms. The average molecular weight is 371 g/mol. The van der Waals surface area contributed by atoms with Gasteiger partial charge in [0.15, 0.2) is 0 Å². The fraction of sp³-hybridized carbons (Fsp3) is 0.167. The Bertz CT molecular complexity index is 1020. The lowest BCUT2D eigenvalue weighted by molar-refractivity contribution is 1.10. The summed E-state index contributed by atoms with van der Waals surface area (Å²) >= 11 is 3.84. The Morgan fingerprint density at radius 3 is 1.58 bits per heavy atom. The zero-order valence-corrected chi connectivity index (χ0v) is 16.4. The van der Waals surface area contributed by atoms with Crippen LogP contribution in [0.1, 0.15) is 45.2 Å². The Hall–Kier alpha value is -1.90. The lowest BCUT2D eigenvalue weighted by Crippen LogP contribution is -1.92. The smallest absolute Gasteiger partial charge is 0.0353 e. The molecule has 4 aliphatic rings. The predicted octanol–water partition coefficient (Wildman–Crippen LogP) is 7.14. The van der Waals surface area contributed by atoms with E-state index in [2.05, 4.69) is 73.2 Å². The molecule has 0 N–H and O–H groups in total. The molecule has 26 heavy (non-hydrogen) atoms. The monoisotopic (exact) mass is 370 g/mol. The van der Waals surface area contributed by atoms with Gasteiger partial charge in [-0.3, -0.25) is 0 Å². The van der Waals surface area contributed by atoms with Crippen molar-refractivity contribution < 1.29 is 0 Å². The summed E-state index contributed by atoms with van der Waals surface area (Å²) < 4.78 is 0. The highest BCUT2D eigenvalue weighted by Gasteiger charge is 2.40. The fourth-order valence-electron chi connectivity index (χ4n) is 4.74. The lowest BCUT2D eigenvalue weighted by atomic mass is 9.93. The Morgan fingerprint density at radius 2 is 1.12 bits per heavy atom. The third kappa shape index (κ3) is 1.89. The number of thioether (sulfide) groups is 2. The minimum Gasteiger partial charge on any atom is -0.101 e. The first kappa shape index (κ1) is 15.2. The summed E-state index contributed by atoms with van der Waals surface area (Å²) in [5, 5.41) is 4.55. The lowest BCUT2D eigenvalue weighted by Gasteiger charge is -2.13. The minimum absolute atomic E-state index is 0.449. The SMILES string of the molecule is Cc1ccc2c(c1)C1C=CSC1=C2C1=C2SC=CC2c2cc(C)ccc21. The number of hydrogen-bond donors (Lipinski definition) is 0. The van der Waals surface area contributed by atoms with Gasteiger partial charge in [0.25, 0.3) is 0 Å². The zero-order valence-electron chi connectivity index (χ0n) is 14.7. The van der Waals surface area contributed by atoms with Gasteiger partial charge < -0.3 is 0 Å². The maximum atomic E-state index is 2.39. The van der Waals surface area contributed by atoms with Crippen molar-refractivity contribution >= 4 is 34.7 Å². The topological polar surface area (TPSA) is 0 Å². The van der Waals surface area contributed by atoms with Crippen molar-refractivity contribution in [1.29, 1.82) is 0 Å². The van der Waals surface area contributed by atoms with Gasteiger partial charge in [0.05, 0.1) is 0 Å². The Balaban J connectivity index is 1.65. The molecule has 2 unspecified atom stereocenters. The Kier molecular flexibility index (Phi) is 3.10. The quantitative estimate of drug-likeness (QED) is 0.523. The maximum absolute atomic E-state index is 2.39. The standard InChI is InChI=1S/C24H18S2/c1-13-3-5-15-19(11-13)17-7-9-25-23(17)21(15)22-16-6-4-14(2)12-20(16)18-8-10-26-24(18)22/h3-12,17-18H,1-2H3. The van der Waals surface area contributed by atoms with Crippen molar-refractivity contribution in [2.75, 3.05) is 0 Å². The highest BCUT2D eigenvalue weighted by Crippen LogP contribution is 2.62. The van der Waals surface area contributed by atoms with Crippen LogP contribution in [-0.2, 0) is 0 Å². The second-order valence-corrected chi connectivity index (χ2v) is 9.40. The van der Waals surface area contributed by atoms with Crippen LogP contribution in [0.4, 0.5) is 0 Å². The van der Waals surface area contributed by atoms with Gasteiger partial charge in [0.1, 0.15) is 0 Å². The number of aryl methyl sites for hydroxylation is 2. The van der Waals surface area contributed by atoms with E-state index in [0.29, 0.717) is 11.8 Å². The van der Waals surface area contributed by atoms with Crippen molar-refractivity contribution in [2.24, 2.45) is 0 Å². The molecule has 2 heterocycles. The molecule has 126 valence electrons. The molecule has 2 aromatic carbocycles. The van der Waals surface area contributed by atoms with E-state index in [0.717, 1.165) is 0 Å². The highest BCUT2D eigenvalue weighted by atomic mass is 32.2. The van der Waals surface area contributed by atoms with Gasteiger partial charge in [-0.1, -0.05) is 59.7 Å². The van der Waals surface area contributed by atoms with E-state index >= 15 is 0 Å². The summed E-state index contributed by atoms with van der Waals surface area (Å²) in [5.74, 6) is 0.899. The fourth-order valence-corrected chi connectivity index (χ4v) is 6.87. The van der Waals surface area contributed by atoms with Gasteiger partial charge in [0, 0.05) is 32.8 Å². The molecular weight excluding hydrogens is 352 g/mol. The van der Waals surface area contributed by atoms with E-state index in [1.54, 1.807) is 0 Å². The number of fused-ring (bicyclic) bond motifs is 6. The second kappa shape index (κ2) is 5.31. The van der Waals surface area contributed by atoms with Crippen LogP contribution < -0.4 is 0 Å². The molecule has 2 aliphatic carbocycles. The number of allylic oxidation sites excluding steroid dienone is 6. The van der Waals surface area contributed by atoms with E-state index in [1.807, 2.05) is 23.5 Å². The maximum Gasteiger partial charge on any atom is 0.0353 e. The van der Waals surface area contributed by atoms with Crippen molar-refractivity contribution in [3.63, 3.8) is 0 Å². The largest absolute Gasteiger partial charge is 0.101 e. The summed E-state index contributed by atoms with van der Waals surface area (Å²) in [6, 6.07) is 14.0. The molecule has 2 heteroatoms. The Morgan fingerprint density at radius 1 is 0.654 bits per heavy atom. The number of hydrogen-bond acceptors (Lipinski definition) is 2. The minimum atomic E-state index is 0.449.